The number of carbonyl (C=O) groups excluding carboxylic acids is 1. The molecule has 0 aliphatic rings. The van der Waals surface area contributed by atoms with E-state index in [0.717, 1.165) is 11.3 Å². The van der Waals surface area contributed by atoms with Crippen LogP contribution in [0.1, 0.15) is 19.4 Å². The predicted molar refractivity (Wildman–Crippen MR) is 61.1 cm³/mol. The molecule has 1 unspecified atom stereocenters. The highest BCUT2D eigenvalue weighted by atomic mass is 16.5. The largest absolute Gasteiger partial charge is 0.487 e. The first-order valence-corrected chi connectivity index (χ1v) is 4.99. The number of hydrogen-bond acceptors (Lipinski definition) is 2. The number of hydrogen-bond donors (Lipinski definition) is 0. The molecule has 0 amide bonds. The van der Waals surface area contributed by atoms with Crippen LogP contribution in [0.15, 0.2) is 36.9 Å². The molecule has 0 aliphatic carbocycles. The van der Waals surface area contributed by atoms with Crippen LogP contribution in [0.4, 0.5) is 0 Å². The number of benzene rings is 1. The van der Waals surface area contributed by atoms with Crippen molar-refractivity contribution < 1.29 is 9.53 Å². The zero-order chi connectivity index (χ0) is 11.3. The van der Waals surface area contributed by atoms with Crippen LogP contribution >= 0.6 is 0 Å². The quantitative estimate of drug-likeness (QED) is 0.689. The van der Waals surface area contributed by atoms with E-state index in [1.165, 1.54) is 0 Å². The van der Waals surface area contributed by atoms with Crippen molar-refractivity contribution in [3.63, 3.8) is 0 Å². The average molecular weight is 204 g/mol. The van der Waals surface area contributed by atoms with E-state index >= 15 is 0 Å². The highest BCUT2D eigenvalue weighted by Crippen LogP contribution is 2.14. The molecule has 0 aromatic heterocycles. The summed E-state index contributed by atoms with van der Waals surface area (Å²) < 4.78 is 5.52. The van der Waals surface area contributed by atoms with Crippen molar-refractivity contribution in [2.75, 3.05) is 0 Å². The van der Waals surface area contributed by atoms with Crippen molar-refractivity contribution in [2.45, 2.75) is 26.4 Å². The summed E-state index contributed by atoms with van der Waals surface area (Å²) in [5, 5.41) is 0. The van der Waals surface area contributed by atoms with Crippen molar-refractivity contribution in [1.29, 1.82) is 0 Å². The molecule has 0 spiro atoms. The van der Waals surface area contributed by atoms with Gasteiger partial charge in [-0.1, -0.05) is 24.8 Å². The van der Waals surface area contributed by atoms with Crippen LogP contribution in [-0.4, -0.2) is 11.9 Å². The Kier molecular flexibility index (Phi) is 4.10. The molecule has 2 nitrogen and oxygen atoms in total. The maximum Gasteiger partial charge on any atom is 0.134 e. The van der Waals surface area contributed by atoms with Crippen molar-refractivity contribution in [3.05, 3.63) is 42.5 Å². The molecule has 1 atom stereocenters. The minimum Gasteiger partial charge on any atom is -0.487 e. The van der Waals surface area contributed by atoms with E-state index in [9.17, 15) is 4.79 Å². The van der Waals surface area contributed by atoms with Gasteiger partial charge >= 0.3 is 0 Å². The Hall–Kier alpha value is -1.57. The number of carbonyl (C=O) groups is 1. The number of ketones is 1. The summed E-state index contributed by atoms with van der Waals surface area (Å²) in [7, 11) is 0. The molecule has 0 bridgehead atoms. The normalized spacial score (nSPS) is 11.9. The lowest BCUT2D eigenvalue weighted by Gasteiger charge is -2.10. The maximum absolute atomic E-state index is 10.9. The van der Waals surface area contributed by atoms with Crippen LogP contribution in [0.3, 0.4) is 0 Å². The summed E-state index contributed by atoms with van der Waals surface area (Å²) in [6.45, 7) is 7.16. The third-order valence-electron chi connectivity index (χ3n) is 2.03. The van der Waals surface area contributed by atoms with Gasteiger partial charge in [0.2, 0.25) is 0 Å². The fraction of sp³-hybridized carbons (Fsp3) is 0.308. The second kappa shape index (κ2) is 5.35. The van der Waals surface area contributed by atoms with Gasteiger partial charge in [0.05, 0.1) is 0 Å². The maximum atomic E-state index is 10.9. The summed E-state index contributed by atoms with van der Waals surface area (Å²) >= 11 is 0. The molecule has 0 heterocycles. The van der Waals surface area contributed by atoms with E-state index in [4.69, 9.17) is 4.74 Å². The van der Waals surface area contributed by atoms with Gasteiger partial charge in [-0.25, -0.2) is 0 Å². The minimum absolute atomic E-state index is 0.00339. The van der Waals surface area contributed by atoms with E-state index < -0.39 is 0 Å². The third-order valence-corrected chi connectivity index (χ3v) is 2.03. The Morgan fingerprint density at radius 2 is 2.07 bits per heavy atom. The van der Waals surface area contributed by atoms with E-state index in [2.05, 4.69) is 6.58 Å². The second-order valence-electron chi connectivity index (χ2n) is 3.58. The van der Waals surface area contributed by atoms with Crippen molar-refractivity contribution in [3.8, 4) is 5.75 Å². The molecule has 0 radical (unpaired) electrons. The lowest BCUT2D eigenvalue weighted by atomic mass is 10.1. The number of ether oxygens (including phenoxy) is 1. The molecule has 1 aromatic carbocycles. The summed E-state index contributed by atoms with van der Waals surface area (Å²) in [4.78, 5) is 10.9. The summed E-state index contributed by atoms with van der Waals surface area (Å²) in [6.07, 6.45) is 2.23. The fourth-order valence-corrected chi connectivity index (χ4v) is 1.24. The van der Waals surface area contributed by atoms with Crippen molar-refractivity contribution >= 4 is 5.78 Å². The molecule has 2 heteroatoms. The molecule has 0 saturated carbocycles. The van der Waals surface area contributed by atoms with Crippen LogP contribution in [0.5, 0.6) is 5.75 Å². The van der Waals surface area contributed by atoms with Crippen LogP contribution in [0, 0.1) is 0 Å². The van der Waals surface area contributed by atoms with Gasteiger partial charge in [0, 0.05) is 6.42 Å². The Labute approximate surface area is 90.6 Å². The van der Waals surface area contributed by atoms with Crippen molar-refractivity contribution in [1.82, 2.24) is 0 Å². The fourth-order valence-electron chi connectivity index (χ4n) is 1.24. The van der Waals surface area contributed by atoms with Gasteiger partial charge in [-0.2, -0.15) is 0 Å². The van der Waals surface area contributed by atoms with E-state index in [1.807, 2.05) is 31.2 Å². The van der Waals surface area contributed by atoms with Gasteiger partial charge in [-0.15, -0.1) is 0 Å². The second-order valence-corrected chi connectivity index (χ2v) is 3.58. The van der Waals surface area contributed by atoms with E-state index in [-0.39, 0.29) is 11.9 Å². The third kappa shape index (κ3) is 3.98. The molecule has 1 aromatic rings. The highest BCUT2D eigenvalue weighted by molar-refractivity contribution is 5.78. The Balaban J connectivity index is 2.63. The standard InChI is InChI=1S/C13H16O2/c1-4-11(3)15-13-7-5-12(6-8-13)9-10(2)14/h4-8,11H,1,9H2,2-3H3. The first-order valence-electron chi connectivity index (χ1n) is 4.99. The summed E-state index contributed by atoms with van der Waals surface area (Å²) in [5.74, 6) is 0.970. The molecule has 1 rings (SSSR count). The van der Waals surface area contributed by atoms with Crippen LogP contribution < -0.4 is 4.74 Å². The van der Waals surface area contributed by atoms with E-state index in [0.29, 0.717) is 6.42 Å². The average Bonchev–Trinajstić information content (AvgIpc) is 2.20. The zero-order valence-electron chi connectivity index (χ0n) is 9.19. The van der Waals surface area contributed by atoms with Gasteiger partial charge < -0.3 is 4.74 Å². The van der Waals surface area contributed by atoms with Crippen molar-refractivity contribution in [2.24, 2.45) is 0 Å². The molecule has 0 fully saturated rings. The van der Waals surface area contributed by atoms with Gasteiger partial charge in [-0.05, 0) is 31.5 Å². The highest BCUT2D eigenvalue weighted by Gasteiger charge is 2.00. The lowest BCUT2D eigenvalue weighted by molar-refractivity contribution is -0.116. The molecular formula is C13H16O2. The summed E-state index contributed by atoms with van der Waals surface area (Å²) in [5.41, 5.74) is 1.01. The number of Topliss-reactive ketones (excluding diaryl/α,β-unsaturated/α-hetero) is 1. The summed E-state index contributed by atoms with van der Waals surface area (Å²) in [6, 6.07) is 7.57. The predicted octanol–water partition coefficient (Wildman–Crippen LogP) is 2.77. The molecule has 80 valence electrons. The molecule has 0 N–H and O–H groups in total. The minimum atomic E-state index is 0.00339. The Morgan fingerprint density at radius 3 is 2.53 bits per heavy atom. The SMILES string of the molecule is C=CC(C)Oc1ccc(CC(C)=O)cc1. The number of rotatable bonds is 5. The van der Waals surface area contributed by atoms with Gasteiger partial charge in [0.1, 0.15) is 17.6 Å². The zero-order valence-corrected chi connectivity index (χ0v) is 9.19. The molecule has 0 aliphatic heterocycles. The van der Waals surface area contributed by atoms with Crippen LogP contribution in [0.2, 0.25) is 0 Å². The van der Waals surface area contributed by atoms with Crippen LogP contribution in [0.25, 0.3) is 0 Å². The molecular weight excluding hydrogens is 188 g/mol. The molecule has 0 saturated heterocycles. The lowest BCUT2D eigenvalue weighted by Crippen LogP contribution is -2.07. The first kappa shape index (κ1) is 11.5. The van der Waals surface area contributed by atoms with Gasteiger partial charge in [0.25, 0.3) is 0 Å². The smallest absolute Gasteiger partial charge is 0.134 e. The Morgan fingerprint density at radius 1 is 1.47 bits per heavy atom. The molecule has 15 heavy (non-hydrogen) atoms. The first-order chi connectivity index (χ1) is 7.11. The topological polar surface area (TPSA) is 26.3 Å². The van der Waals surface area contributed by atoms with Gasteiger partial charge in [-0.3, -0.25) is 4.79 Å². The Bertz CT molecular complexity index is 338. The van der Waals surface area contributed by atoms with Crippen LogP contribution in [-0.2, 0) is 11.2 Å². The van der Waals surface area contributed by atoms with Gasteiger partial charge in [0.15, 0.2) is 0 Å². The van der Waals surface area contributed by atoms with E-state index in [1.54, 1.807) is 13.0 Å². The monoisotopic (exact) mass is 204 g/mol.